The first-order valence-corrected chi connectivity index (χ1v) is 7.06. The number of ketones is 1. The van der Waals surface area contributed by atoms with Crippen molar-refractivity contribution in [3.8, 4) is 0 Å². The quantitative estimate of drug-likeness (QED) is 0.813. The van der Waals surface area contributed by atoms with E-state index in [-0.39, 0.29) is 5.92 Å². The Hall–Kier alpha value is -1.15. The molecule has 0 amide bonds. The molecule has 2 saturated heterocycles. The maximum atomic E-state index is 11.8. The second-order valence-electron chi connectivity index (χ2n) is 5.75. The van der Waals surface area contributed by atoms with E-state index in [0.29, 0.717) is 17.9 Å². The topological polar surface area (TPSA) is 20.3 Å². The summed E-state index contributed by atoms with van der Waals surface area (Å²) in [5, 5.41) is 0. The molecular weight excluding hydrogens is 222 g/mol. The molecule has 1 aromatic rings. The summed E-state index contributed by atoms with van der Waals surface area (Å²) in [6.07, 6.45) is 4.80. The molecule has 3 atom stereocenters. The van der Waals surface area contributed by atoms with Crippen LogP contribution in [0.3, 0.4) is 0 Å². The summed E-state index contributed by atoms with van der Waals surface area (Å²) in [7, 11) is 0. The van der Waals surface area contributed by atoms with Crippen molar-refractivity contribution in [2.45, 2.75) is 51.2 Å². The van der Waals surface area contributed by atoms with Crippen molar-refractivity contribution in [1.29, 1.82) is 0 Å². The smallest absolute Gasteiger partial charge is 0.134 e. The van der Waals surface area contributed by atoms with Crippen LogP contribution in [-0.4, -0.2) is 22.8 Å². The lowest BCUT2D eigenvalue weighted by atomic mass is 9.87. The number of Topliss-reactive ketones (excluding diaryl/α,β-unsaturated/α-hetero) is 1. The highest BCUT2D eigenvalue weighted by atomic mass is 16.1. The van der Waals surface area contributed by atoms with Gasteiger partial charge in [-0.15, -0.1) is 0 Å². The Morgan fingerprint density at radius 3 is 2.61 bits per heavy atom. The van der Waals surface area contributed by atoms with Crippen LogP contribution in [-0.2, 0) is 11.3 Å². The van der Waals surface area contributed by atoms with Gasteiger partial charge in [0.1, 0.15) is 5.78 Å². The Labute approximate surface area is 109 Å². The third kappa shape index (κ3) is 2.10. The van der Waals surface area contributed by atoms with Crippen LogP contribution in [0.5, 0.6) is 0 Å². The maximum Gasteiger partial charge on any atom is 0.134 e. The number of rotatable bonds is 3. The second kappa shape index (κ2) is 4.85. The molecule has 96 valence electrons. The number of benzene rings is 1. The van der Waals surface area contributed by atoms with E-state index in [1.807, 2.05) is 0 Å². The van der Waals surface area contributed by atoms with E-state index in [2.05, 4.69) is 35.2 Å². The van der Waals surface area contributed by atoms with Crippen LogP contribution in [0, 0.1) is 5.92 Å². The molecule has 2 bridgehead atoms. The van der Waals surface area contributed by atoms with E-state index in [0.717, 1.165) is 13.0 Å². The molecule has 3 rings (SSSR count). The molecule has 0 N–H and O–H groups in total. The third-order valence-corrected chi connectivity index (χ3v) is 4.70. The highest BCUT2D eigenvalue weighted by Gasteiger charge is 2.43. The Balaban J connectivity index is 1.78. The molecule has 2 heterocycles. The number of nitrogens with zero attached hydrogens (tertiary/aromatic N) is 1. The van der Waals surface area contributed by atoms with Crippen LogP contribution in [0.15, 0.2) is 30.3 Å². The monoisotopic (exact) mass is 243 g/mol. The fourth-order valence-electron chi connectivity index (χ4n) is 3.79. The Morgan fingerprint density at radius 1 is 1.17 bits per heavy atom. The average molecular weight is 243 g/mol. The highest BCUT2D eigenvalue weighted by Crippen LogP contribution is 2.40. The van der Waals surface area contributed by atoms with Crippen molar-refractivity contribution in [2.24, 2.45) is 5.92 Å². The molecule has 2 aliphatic heterocycles. The summed E-state index contributed by atoms with van der Waals surface area (Å²) in [4.78, 5) is 14.3. The predicted octanol–water partition coefficient (Wildman–Crippen LogP) is 3.02. The number of carbonyl (C=O) groups is 1. The minimum atomic E-state index is 0.285. The van der Waals surface area contributed by atoms with Crippen molar-refractivity contribution >= 4 is 5.78 Å². The highest BCUT2D eigenvalue weighted by molar-refractivity contribution is 5.79. The molecule has 2 aliphatic rings. The van der Waals surface area contributed by atoms with E-state index >= 15 is 0 Å². The molecule has 2 heteroatoms. The summed E-state index contributed by atoms with van der Waals surface area (Å²) in [5.41, 5.74) is 1.37. The van der Waals surface area contributed by atoms with Gasteiger partial charge in [-0.3, -0.25) is 9.69 Å². The first-order valence-electron chi connectivity index (χ1n) is 7.06. The molecule has 2 fully saturated rings. The van der Waals surface area contributed by atoms with E-state index in [9.17, 15) is 4.79 Å². The summed E-state index contributed by atoms with van der Waals surface area (Å²) in [5.74, 6) is 0.672. The summed E-state index contributed by atoms with van der Waals surface area (Å²) < 4.78 is 0. The lowest BCUT2D eigenvalue weighted by Crippen LogP contribution is -2.46. The van der Waals surface area contributed by atoms with Gasteiger partial charge in [-0.2, -0.15) is 0 Å². The molecule has 1 aromatic carbocycles. The average Bonchev–Trinajstić information content (AvgIpc) is 2.63. The van der Waals surface area contributed by atoms with Gasteiger partial charge in [-0.05, 0) is 38.2 Å². The van der Waals surface area contributed by atoms with Crippen LogP contribution in [0.25, 0.3) is 0 Å². The molecule has 2 nitrogen and oxygen atoms in total. The molecule has 0 radical (unpaired) electrons. The zero-order valence-corrected chi connectivity index (χ0v) is 11.0. The first kappa shape index (κ1) is 11.9. The normalized spacial score (nSPS) is 31.5. The van der Waals surface area contributed by atoms with Crippen molar-refractivity contribution < 1.29 is 4.79 Å². The molecular formula is C16H21NO. The maximum absolute atomic E-state index is 11.8. The standard InChI is InChI=1S/C16H21NO/c1-12(18)15-9-7-14-8-10-16(15)17(14)11-13-5-3-2-4-6-13/h2-6,14-16H,7-11H2,1H3/t14-,15+,16-/m1/s1. The molecule has 0 saturated carbocycles. The van der Waals surface area contributed by atoms with Crippen LogP contribution in [0.4, 0.5) is 0 Å². The van der Waals surface area contributed by atoms with Gasteiger partial charge in [0.2, 0.25) is 0 Å². The second-order valence-corrected chi connectivity index (χ2v) is 5.75. The molecule has 0 spiro atoms. The first-order chi connectivity index (χ1) is 8.75. The van der Waals surface area contributed by atoms with Crippen LogP contribution >= 0.6 is 0 Å². The zero-order valence-electron chi connectivity index (χ0n) is 11.0. The lowest BCUT2D eigenvalue weighted by Gasteiger charge is -2.39. The number of piperidine rings is 1. The minimum Gasteiger partial charge on any atom is -0.300 e. The molecule has 0 aromatic heterocycles. The van der Waals surface area contributed by atoms with Gasteiger partial charge < -0.3 is 0 Å². The van der Waals surface area contributed by atoms with E-state index < -0.39 is 0 Å². The van der Waals surface area contributed by atoms with Crippen LogP contribution < -0.4 is 0 Å². The van der Waals surface area contributed by atoms with Gasteiger partial charge in [0.25, 0.3) is 0 Å². The summed E-state index contributed by atoms with van der Waals surface area (Å²) in [6, 6.07) is 11.9. The SMILES string of the molecule is CC(=O)[C@@H]1CC[C@@H]2CC[C@H]1N2Cc1ccccc1. The zero-order chi connectivity index (χ0) is 12.5. The van der Waals surface area contributed by atoms with Gasteiger partial charge in [-0.25, -0.2) is 0 Å². The predicted molar refractivity (Wildman–Crippen MR) is 72.2 cm³/mol. The molecule has 0 aliphatic carbocycles. The van der Waals surface area contributed by atoms with Crippen molar-refractivity contribution in [3.63, 3.8) is 0 Å². The van der Waals surface area contributed by atoms with E-state index in [1.54, 1.807) is 6.92 Å². The van der Waals surface area contributed by atoms with Gasteiger partial charge in [-0.1, -0.05) is 30.3 Å². The van der Waals surface area contributed by atoms with Crippen LogP contribution in [0.1, 0.15) is 38.2 Å². The van der Waals surface area contributed by atoms with Gasteiger partial charge in [0.15, 0.2) is 0 Å². The number of hydrogen-bond donors (Lipinski definition) is 0. The Kier molecular flexibility index (Phi) is 3.21. The largest absolute Gasteiger partial charge is 0.300 e. The fraction of sp³-hybridized carbons (Fsp3) is 0.562. The third-order valence-electron chi connectivity index (χ3n) is 4.70. The van der Waals surface area contributed by atoms with Crippen LogP contribution in [0.2, 0.25) is 0 Å². The van der Waals surface area contributed by atoms with Crippen molar-refractivity contribution in [3.05, 3.63) is 35.9 Å². The molecule has 18 heavy (non-hydrogen) atoms. The van der Waals surface area contributed by atoms with E-state index in [4.69, 9.17) is 0 Å². The minimum absolute atomic E-state index is 0.285. The van der Waals surface area contributed by atoms with Crippen molar-refractivity contribution in [1.82, 2.24) is 4.90 Å². The lowest BCUT2D eigenvalue weighted by molar-refractivity contribution is -0.124. The fourth-order valence-corrected chi connectivity index (χ4v) is 3.79. The Morgan fingerprint density at radius 2 is 1.89 bits per heavy atom. The van der Waals surface area contributed by atoms with Gasteiger partial charge in [0.05, 0.1) is 0 Å². The van der Waals surface area contributed by atoms with Crippen molar-refractivity contribution in [2.75, 3.05) is 0 Å². The number of fused-ring (bicyclic) bond motifs is 2. The number of hydrogen-bond acceptors (Lipinski definition) is 2. The van der Waals surface area contributed by atoms with Gasteiger partial charge >= 0.3 is 0 Å². The molecule has 0 unspecified atom stereocenters. The Bertz CT molecular complexity index is 428. The summed E-state index contributed by atoms with van der Waals surface area (Å²) in [6.45, 7) is 2.78. The number of carbonyl (C=O) groups excluding carboxylic acids is 1. The van der Waals surface area contributed by atoms with E-state index in [1.165, 1.54) is 24.8 Å². The summed E-state index contributed by atoms with van der Waals surface area (Å²) >= 11 is 0. The van der Waals surface area contributed by atoms with Gasteiger partial charge in [0, 0.05) is 24.5 Å².